The monoisotopic (exact) mass is 240 g/mol. The number of rotatable bonds is 5. The average Bonchev–Trinajstić information content (AvgIpc) is 2.33. The fourth-order valence-corrected chi connectivity index (χ4v) is 1.69. The number of carbonyl (C=O) groups is 1. The first-order valence-electron chi connectivity index (χ1n) is 5.83. The summed E-state index contributed by atoms with van der Waals surface area (Å²) in [6.45, 7) is 5.78. The normalized spacial score (nSPS) is 10.6. The van der Waals surface area contributed by atoms with Crippen LogP contribution in [0.2, 0.25) is 0 Å². The number of hydrogen-bond acceptors (Lipinski definition) is 4. The molecule has 0 aromatic carbocycles. The van der Waals surface area contributed by atoms with Crippen molar-refractivity contribution in [3.63, 3.8) is 0 Å². The zero-order chi connectivity index (χ0) is 12.8. The number of halogens is 1. The summed E-state index contributed by atoms with van der Waals surface area (Å²) in [4.78, 5) is 19.0. The summed E-state index contributed by atoms with van der Waals surface area (Å²) >= 11 is 0. The van der Waals surface area contributed by atoms with E-state index in [9.17, 15) is 9.18 Å². The van der Waals surface area contributed by atoms with Crippen LogP contribution in [0.1, 0.15) is 55.7 Å². The molecule has 1 aromatic rings. The Morgan fingerprint density at radius 3 is 2.53 bits per heavy atom. The highest BCUT2D eigenvalue weighted by atomic mass is 19.1. The van der Waals surface area contributed by atoms with Crippen molar-refractivity contribution in [3.8, 4) is 0 Å². The Morgan fingerprint density at radius 2 is 2.00 bits per heavy atom. The zero-order valence-electron chi connectivity index (χ0n) is 10.4. The van der Waals surface area contributed by atoms with Crippen molar-refractivity contribution in [2.24, 2.45) is 0 Å². The number of nitrogens with zero attached hydrogens (tertiary/aromatic N) is 2. The Hall–Kier alpha value is -1.52. The molecule has 0 saturated heterocycles. The van der Waals surface area contributed by atoms with Crippen molar-refractivity contribution in [1.82, 2.24) is 9.97 Å². The van der Waals surface area contributed by atoms with Crippen LogP contribution in [0.25, 0.3) is 0 Å². The number of hydrogen-bond donors (Lipinski definition) is 0. The summed E-state index contributed by atoms with van der Waals surface area (Å²) in [6.07, 6.45) is 2.75. The lowest BCUT2D eigenvalue weighted by molar-refractivity contribution is 0.0512. The molecule has 0 aliphatic carbocycles. The summed E-state index contributed by atoms with van der Waals surface area (Å²) in [5, 5.41) is 0. The molecule has 4 nitrogen and oxygen atoms in total. The van der Waals surface area contributed by atoms with Crippen LogP contribution in [0.15, 0.2) is 6.33 Å². The third kappa shape index (κ3) is 2.99. The Labute approximate surface area is 100 Å². The van der Waals surface area contributed by atoms with E-state index in [2.05, 4.69) is 9.97 Å². The van der Waals surface area contributed by atoms with Crippen molar-refractivity contribution in [2.45, 2.75) is 39.5 Å². The molecule has 0 saturated carbocycles. The van der Waals surface area contributed by atoms with Crippen molar-refractivity contribution >= 4 is 5.97 Å². The highest BCUT2D eigenvalue weighted by Crippen LogP contribution is 2.24. The molecule has 0 fully saturated rings. The van der Waals surface area contributed by atoms with Crippen molar-refractivity contribution < 1.29 is 13.9 Å². The average molecular weight is 240 g/mol. The van der Waals surface area contributed by atoms with Gasteiger partial charge in [-0.1, -0.05) is 13.8 Å². The van der Waals surface area contributed by atoms with Gasteiger partial charge in [0.05, 0.1) is 12.3 Å². The molecule has 0 unspecified atom stereocenters. The Balaban J connectivity index is 3.10. The van der Waals surface area contributed by atoms with Gasteiger partial charge in [0.1, 0.15) is 6.33 Å². The molecule has 0 aliphatic heterocycles. The number of ether oxygens (including phenoxy) is 1. The fourth-order valence-electron chi connectivity index (χ4n) is 1.69. The zero-order valence-corrected chi connectivity index (χ0v) is 10.4. The van der Waals surface area contributed by atoms with Gasteiger partial charge in [-0.3, -0.25) is 0 Å². The lowest BCUT2D eigenvalue weighted by atomic mass is 9.98. The van der Waals surface area contributed by atoms with Crippen LogP contribution < -0.4 is 0 Å². The maximum atomic E-state index is 14.0. The third-order valence-electron chi connectivity index (χ3n) is 2.66. The Kier molecular flexibility index (Phi) is 5.00. The maximum absolute atomic E-state index is 14.0. The molecule has 1 aromatic heterocycles. The third-order valence-corrected chi connectivity index (χ3v) is 2.66. The fraction of sp³-hybridized carbons (Fsp3) is 0.583. The number of aromatic nitrogens is 2. The molecule has 0 aliphatic rings. The van der Waals surface area contributed by atoms with Crippen LogP contribution in [-0.4, -0.2) is 22.5 Å². The predicted octanol–water partition coefficient (Wildman–Crippen LogP) is 2.70. The summed E-state index contributed by atoms with van der Waals surface area (Å²) in [7, 11) is 0. The highest BCUT2D eigenvalue weighted by molar-refractivity contribution is 5.87. The standard InChI is InChI=1S/C12H17FN2O2/c1-4-8(5-2)10-9(13)11(15-7-14-10)12(16)17-6-3/h7-8H,4-6H2,1-3H3. The summed E-state index contributed by atoms with van der Waals surface area (Å²) in [6, 6.07) is 0. The Morgan fingerprint density at radius 1 is 1.35 bits per heavy atom. The molecule has 0 atom stereocenters. The number of esters is 1. The topological polar surface area (TPSA) is 52.1 Å². The van der Waals surface area contributed by atoms with Crippen LogP contribution >= 0.6 is 0 Å². The minimum atomic E-state index is -0.736. The minimum absolute atomic E-state index is 0.00572. The molecule has 5 heteroatoms. The van der Waals surface area contributed by atoms with Gasteiger partial charge in [-0.25, -0.2) is 19.2 Å². The van der Waals surface area contributed by atoms with E-state index in [1.165, 1.54) is 6.33 Å². The lowest BCUT2D eigenvalue weighted by Gasteiger charge is -2.13. The molecule has 94 valence electrons. The summed E-state index contributed by atoms with van der Waals surface area (Å²) < 4.78 is 18.8. The van der Waals surface area contributed by atoms with Gasteiger partial charge in [0, 0.05) is 5.92 Å². The van der Waals surface area contributed by atoms with E-state index in [0.29, 0.717) is 5.69 Å². The second-order valence-electron chi connectivity index (χ2n) is 3.66. The largest absolute Gasteiger partial charge is 0.461 e. The smallest absolute Gasteiger partial charge is 0.360 e. The van der Waals surface area contributed by atoms with Gasteiger partial charge >= 0.3 is 5.97 Å². The molecule has 0 N–H and O–H groups in total. The molecular formula is C12H17FN2O2. The summed E-state index contributed by atoms with van der Waals surface area (Å²) in [5.41, 5.74) is 0.0248. The van der Waals surface area contributed by atoms with Gasteiger partial charge in [-0.05, 0) is 19.8 Å². The van der Waals surface area contributed by atoms with Crippen LogP contribution in [0.3, 0.4) is 0 Å². The minimum Gasteiger partial charge on any atom is -0.461 e. The second-order valence-corrected chi connectivity index (χ2v) is 3.66. The Bertz CT molecular complexity index is 392. The van der Waals surface area contributed by atoms with Gasteiger partial charge in [0.2, 0.25) is 0 Å². The molecule has 0 bridgehead atoms. The van der Waals surface area contributed by atoms with Gasteiger partial charge in [0.25, 0.3) is 0 Å². The van der Waals surface area contributed by atoms with E-state index in [4.69, 9.17) is 4.74 Å². The quantitative estimate of drug-likeness (QED) is 0.742. The van der Waals surface area contributed by atoms with Gasteiger partial charge < -0.3 is 4.74 Å². The van der Waals surface area contributed by atoms with Crippen LogP contribution in [0.4, 0.5) is 4.39 Å². The molecule has 1 heterocycles. The molecule has 0 amide bonds. The number of carbonyl (C=O) groups excluding carboxylic acids is 1. The first-order chi connectivity index (χ1) is 8.15. The van der Waals surface area contributed by atoms with Crippen molar-refractivity contribution in [2.75, 3.05) is 6.61 Å². The van der Waals surface area contributed by atoms with Crippen LogP contribution in [-0.2, 0) is 4.74 Å². The van der Waals surface area contributed by atoms with Gasteiger partial charge in [0.15, 0.2) is 11.5 Å². The molecule has 17 heavy (non-hydrogen) atoms. The van der Waals surface area contributed by atoms with E-state index in [-0.39, 0.29) is 18.2 Å². The molecule has 1 rings (SSSR count). The second kappa shape index (κ2) is 6.27. The van der Waals surface area contributed by atoms with E-state index in [0.717, 1.165) is 12.8 Å². The first-order valence-corrected chi connectivity index (χ1v) is 5.83. The van der Waals surface area contributed by atoms with Gasteiger partial charge in [-0.15, -0.1) is 0 Å². The SMILES string of the molecule is CCOC(=O)c1ncnc(C(CC)CC)c1F. The predicted molar refractivity (Wildman–Crippen MR) is 61.3 cm³/mol. The first kappa shape index (κ1) is 13.5. The summed E-state index contributed by atoms with van der Waals surface area (Å²) in [5.74, 6) is -1.38. The van der Waals surface area contributed by atoms with Gasteiger partial charge in [-0.2, -0.15) is 0 Å². The van der Waals surface area contributed by atoms with Crippen molar-refractivity contribution in [3.05, 3.63) is 23.5 Å². The molecule has 0 spiro atoms. The van der Waals surface area contributed by atoms with E-state index in [1.807, 2.05) is 13.8 Å². The maximum Gasteiger partial charge on any atom is 0.360 e. The van der Waals surface area contributed by atoms with E-state index in [1.54, 1.807) is 6.92 Å². The molecular weight excluding hydrogens is 223 g/mol. The lowest BCUT2D eigenvalue weighted by Crippen LogP contribution is -2.14. The van der Waals surface area contributed by atoms with Crippen LogP contribution in [0.5, 0.6) is 0 Å². The van der Waals surface area contributed by atoms with Crippen molar-refractivity contribution in [1.29, 1.82) is 0 Å². The van der Waals surface area contributed by atoms with E-state index < -0.39 is 11.8 Å². The van der Waals surface area contributed by atoms with E-state index >= 15 is 0 Å². The van der Waals surface area contributed by atoms with Crippen LogP contribution in [0, 0.1) is 5.82 Å². The molecule has 0 radical (unpaired) electrons. The highest BCUT2D eigenvalue weighted by Gasteiger charge is 2.22.